The minimum atomic E-state index is -0.364. The number of imidazole rings is 1. The molecule has 0 bridgehead atoms. The third-order valence-electron chi connectivity index (χ3n) is 2.32. The van der Waals surface area contributed by atoms with Crippen LogP contribution in [-0.4, -0.2) is 21.7 Å². The molecule has 0 radical (unpaired) electrons. The van der Waals surface area contributed by atoms with E-state index in [-0.39, 0.29) is 12.5 Å². The van der Waals surface area contributed by atoms with E-state index in [0.717, 1.165) is 16.4 Å². The Labute approximate surface area is 104 Å². The van der Waals surface area contributed by atoms with E-state index in [1.165, 1.54) is 11.8 Å². The number of nitrogens with two attached hydrogens (primary N) is 1. The van der Waals surface area contributed by atoms with Crippen LogP contribution in [0.3, 0.4) is 0 Å². The second kappa shape index (κ2) is 5.05. The van der Waals surface area contributed by atoms with Gasteiger partial charge in [-0.1, -0.05) is 42.1 Å². The summed E-state index contributed by atoms with van der Waals surface area (Å²) in [7, 11) is 0. The van der Waals surface area contributed by atoms with Crippen LogP contribution in [0.5, 0.6) is 0 Å². The maximum Gasteiger partial charge on any atom is 0.237 e. The number of hydrogen-bond acceptors (Lipinski definition) is 3. The second-order valence-corrected chi connectivity index (χ2v) is 4.35. The van der Waals surface area contributed by atoms with Crippen molar-refractivity contribution in [1.29, 1.82) is 0 Å². The molecule has 0 fully saturated rings. The lowest BCUT2D eigenvalue weighted by Gasteiger charge is -2.00. The third-order valence-corrected chi connectivity index (χ3v) is 3.01. The number of benzene rings is 1. The van der Waals surface area contributed by atoms with E-state index >= 15 is 0 Å². The van der Waals surface area contributed by atoms with E-state index < -0.39 is 0 Å². The Balaban J connectivity index is 2.37. The van der Waals surface area contributed by atoms with Crippen LogP contribution in [0.15, 0.2) is 41.7 Å². The van der Waals surface area contributed by atoms with Gasteiger partial charge in [-0.25, -0.2) is 4.98 Å². The zero-order valence-corrected chi connectivity index (χ0v) is 10.3. The lowest BCUT2D eigenvalue weighted by molar-refractivity contribution is -0.118. The molecule has 1 aromatic carbocycles. The molecule has 0 saturated heterocycles. The van der Waals surface area contributed by atoms with Crippen LogP contribution in [0.4, 0.5) is 0 Å². The summed E-state index contributed by atoms with van der Waals surface area (Å²) in [5.74, 6) is -0.364. The minimum Gasteiger partial charge on any atom is -0.368 e. The number of aromatic nitrogens is 2. The molecule has 0 saturated carbocycles. The van der Waals surface area contributed by atoms with Crippen molar-refractivity contribution in [3.63, 3.8) is 0 Å². The lowest BCUT2D eigenvalue weighted by Crippen LogP contribution is -2.18. The Bertz CT molecular complexity index is 522. The predicted octanol–water partition coefficient (Wildman–Crippen LogP) is 1.76. The van der Waals surface area contributed by atoms with Gasteiger partial charge in [-0.2, -0.15) is 0 Å². The first-order valence-electron chi connectivity index (χ1n) is 5.15. The summed E-state index contributed by atoms with van der Waals surface area (Å²) in [5, 5.41) is 0.794. The Morgan fingerprint density at radius 3 is 2.71 bits per heavy atom. The second-order valence-electron chi connectivity index (χ2n) is 3.57. The first kappa shape index (κ1) is 11.7. The molecule has 17 heavy (non-hydrogen) atoms. The van der Waals surface area contributed by atoms with Crippen LogP contribution in [-0.2, 0) is 11.3 Å². The van der Waals surface area contributed by atoms with Crippen molar-refractivity contribution in [3.8, 4) is 11.3 Å². The SMILES string of the molecule is CSc1nc(-c2ccccc2)cn1CC(N)=O. The van der Waals surface area contributed by atoms with E-state index in [9.17, 15) is 4.79 Å². The Kier molecular flexibility index (Phi) is 3.49. The van der Waals surface area contributed by atoms with Gasteiger partial charge in [0.1, 0.15) is 6.54 Å². The average molecular weight is 247 g/mol. The van der Waals surface area contributed by atoms with Crippen molar-refractivity contribution >= 4 is 17.7 Å². The normalized spacial score (nSPS) is 10.4. The number of nitrogens with zero attached hydrogens (tertiary/aromatic N) is 2. The highest BCUT2D eigenvalue weighted by Crippen LogP contribution is 2.22. The van der Waals surface area contributed by atoms with Gasteiger partial charge in [0.05, 0.1) is 5.69 Å². The monoisotopic (exact) mass is 247 g/mol. The molecule has 0 spiro atoms. The molecule has 0 aliphatic heterocycles. The molecule has 0 aliphatic carbocycles. The highest BCUT2D eigenvalue weighted by molar-refractivity contribution is 7.98. The fourth-order valence-electron chi connectivity index (χ4n) is 1.59. The maximum absolute atomic E-state index is 10.9. The molecule has 2 rings (SSSR count). The number of amides is 1. The van der Waals surface area contributed by atoms with E-state index in [4.69, 9.17) is 5.73 Å². The van der Waals surface area contributed by atoms with Crippen LogP contribution in [0.25, 0.3) is 11.3 Å². The quantitative estimate of drug-likeness (QED) is 0.837. The van der Waals surface area contributed by atoms with E-state index in [1.807, 2.05) is 42.8 Å². The summed E-state index contributed by atoms with van der Waals surface area (Å²) >= 11 is 1.50. The number of hydrogen-bond donors (Lipinski definition) is 1. The lowest BCUT2D eigenvalue weighted by atomic mass is 10.2. The van der Waals surface area contributed by atoms with Crippen LogP contribution in [0.1, 0.15) is 0 Å². The van der Waals surface area contributed by atoms with Crippen molar-refractivity contribution in [3.05, 3.63) is 36.5 Å². The zero-order chi connectivity index (χ0) is 12.3. The van der Waals surface area contributed by atoms with Gasteiger partial charge in [0.25, 0.3) is 0 Å². The zero-order valence-electron chi connectivity index (χ0n) is 9.46. The van der Waals surface area contributed by atoms with Gasteiger partial charge < -0.3 is 10.3 Å². The van der Waals surface area contributed by atoms with Gasteiger partial charge in [-0.3, -0.25) is 4.79 Å². The summed E-state index contributed by atoms with van der Waals surface area (Å²) in [4.78, 5) is 15.4. The summed E-state index contributed by atoms with van der Waals surface area (Å²) < 4.78 is 1.77. The van der Waals surface area contributed by atoms with E-state index in [1.54, 1.807) is 4.57 Å². The topological polar surface area (TPSA) is 60.9 Å². The fourth-order valence-corrected chi connectivity index (χ4v) is 2.13. The molecule has 1 aromatic heterocycles. The van der Waals surface area contributed by atoms with Crippen LogP contribution >= 0.6 is 11.8 Å². The number of carbonyl (C=O) groups is 1. The summed E-state index contributed by atoms with van der Waals surface area (Å²) in [5.41, 5.74) is 7.09. The number of primary amides is 1. The highest BCUT2D eigenvalue weighted by atomic mass is 32.2. The molecule has 2 aromatic rings. The van der Waals surface area contributed by atoms with E-state index in [0.29, 0.717) is 0 Å². The van der Waals surface area contributed by atoms with Crippen molar-refractivity contribution in [1.82, 2.24) is 9.55 Å². The van der Waals surface area contributed by atoms with Gasteiger partial charge in [0, 0.05) is 11.8 Å². The minimum absolute atomic E-state index is 0.163. The van der Waals surface area contributed by atoms with Gasteiger partial charge in [0.15, 0.2) is 5.16 Å². The van der Waals surface area contributed by atoms with Gasteiger partial charge in [-0.15, -0.1) is 0 Å². The molecule has 1 heterocycles. The van der Waals surface area contributed by atoms with Crippen molar-refractivity contribution in [2.75, 3.05) is 6.26 Å². The van der Waals surface area contributed by atoms with Crippen molar-refractivity contribution in [2.24, 2.45) is 5.73 Å². The van der Waals surface area contributed by atoms with Crippen molar-refractivity contribution in [2.45, 2.75) is 11.7 Å². The molecule has 1 amide bonds. The number of rotatable bonds is 4. The standard InChI is InChI=1S/C12H13N3OS/c1-17-12-14-10(7-15(12)8-11(13)16)9-5-3-2-4-6-9/h2-7H,8H2,1H3,(H2,13,16). The number of carbonyl (C=O) groups excluding carboxylic acids is 1. The maximum atomic E-state index is 10.9. The highest BCUT2D eigenvalue weighted by Gasteiger charge is 2.09. The predicted molar refractivity (Wildman–Crippen MR) is 68.6 cm³/mol. The molecule has 0 aliphatic rings. The van der Waals surface area contributed by atoms with Gasteiger partial charge >= 0.3 is 0 Å². The van der Waals surface area contributed by atoms with Crippen LogP contribution < -0.4 is 5.73 Å². The Morgan fingerprint density at radius 2 is 2.12 bits per heavy atom. The fraction of sp³-hybridized carbons (Fsp3) is 0.167. The van der Waals surface area contributed by atoms with Gasteiger partial charge in [-0.05, 0) is 6.26 Å². The smallest absolute Gasteiger partial charge is 0.237 e. The average Bonchev–Trinajstić information content (AvgIpc) is 2.72. The molecular formula is C12H13N3OS. The van der Waals surface area contributed by atoms with Gasteiger partial charge in [0.2, 0.25) is 5.91 Å². The summed E-state index contributed by atoms with van der Waals surface area (Å²) in [6, 6.07) is 9.85. The Hall–Kier alpha value is -1.75. The van der Waals surface area contributed by atoms with Crippen molar-refractivity contribution < 1.29 is 4.79 Å². The molecular weight excluding hydrogens is 234 g/mol. The largest absolute Gasteiger partial charge is 0.368 e. The summed E-state index contributed by atoms with van der Waals surface area (Å²) in [6.45, 7) is 0.163. The molecule has 4 nitrogen and oxygen atoms in total. The van der Waals surface area contributed by atoms with Crippen LogP contribution in [0, 0.1) is 0 Å². The summed E-state index contributed by atoms with van der Waals surface area (Å²) in [6.07, 6.45) is 3.78. The first-order valence-corrected chi connectivity index (χ1v) is 6.38. The molecule has 5 heteroatoms. The third kappa shape index (κ3) is 2.68. The first-order chi connectivity index (χ1) is 8.20. The van der Waals surface area contributed by atoms with E-state index in [2.05, 4.69) is 4.98 Å². The number of thioether (sulfide) groups is 1. The molecule has 0 unspecified atom stereocenters. The molecule has 0 atom stereocenters. The van der Waals surface area contributed by atoms with Crippen LogP contribution in [0.2, 0.25) is 0 Å². The molecule has 2 N–H and O–H groups in total. The molecule has 88 valence electrons. The Morgan fingerprint density at radius 1 is 1.41 bits per heavy atom.